The molecule has 0 aliphatic heterocycles. The minimum Gasteiger partial charge on any atom is -0.497 e. The number of para-hydroxylation sites is 1. The lowest BCUT2D eigenvalue weighted by Gasteiger charge is -2.14. The van der Waals surface area contributed by atoms with Gasteiger partial charge in [-0.2, -0.15) is 0 Å². The molecule has 0 heterocycles. The molecule has 0 bridgehead atoms. The summed E-state index contributed by atoms with van der Waals surface area (Å²) < 4.78 is 16.1. The van der Waals surface area contributed by atoms with Crippen molar-refractivity contribution in [3.8, 4) is 40.7 Å². The molecule has 1 amide bonds. The highest BCUT2D eigenvalue weighted by atomic mass is 16.5. The summed E-state index contributed by atoms with van der Waals surface area (Å²) in [4.78, 5) is 12.6. The first-order chi connectivity index (χ1) is 14.6. The van der Waals surface area contributed by atoms with Crippen molar-refractivity contribution in [3.05, 3.63) is 72.3 Å². The fraction of sp³-hybridized carbons (Fsp3) is 0.160. The summed E-state index contributed by atoms with van der Waals surface area (Å²) in [7, 11) is 3.19. The van der Waals surface area contributed by atoms with Crippen LogP contribution in [0.15, 0.2) is 66.7 Å². The molecule has 3 rings (SSSR count). The lowest BCUT2D eigenvalue weighted by atomic mass is 10.0. The predicted octanol–water partition coefficient (Wildman–Crippen LogP) is 4.56. The van der Waals surface area contributed by atoms with Crippen LogP contribution in [0, 0.1) is 12.3 Å². The summed E-state index contributed by atoms with van der Waals surface area (Å²) in [5, 5.41) is 3.00. The SMILES string of the molecule is C#CCOc1ccc(-c2ccccc2NC(=O)Cc2ccc(OC)cc2)cc1OC. The average Bonchev–Trinajstić information content (AvgIpc) is 2.78. The molecule has 0 saturated carbocycles. The molecule has 0 aliphatic rings. The maximum Gasteiger partial charge on any atom is 0.228 e. The highest BCUT2D eigenvalue weighted by Crippen LogP contribution is 2.35. The summed E-state index contributed by atoms with van der Waals surface area (Å²) in [6.45, 7) is 0.160. The molecule has 5 heteroatoms. The van der Waals surface area contributed by atoms with Gasteiger partial charge >= 0.3 is 0 Å². The topological polar surface area (TPSA) is 56.8 Å². The van der Waals surface area contributed by atoms with E-state index in [-0.39, 0.29) is 18.9 Å². The summed E-state index contributed by atoms with van der Waals surface area (Å²) in [5.74, 6) is 4.23. The van der Waals surface area contributed by atoms with E-state index in [0.29, 0.717) is 11.5 Å². The number of amides is 1. The van der Waals surface area contributed by atoms with Gasteiger partial charge in [-0.05, 0) is 41.5 Å². The summed E-state index contributed by atoms with van der Waals surface area (Å²) in [6, 6.07) is 20.6. The molecule has 5 nitrogen and oxygen atoms in total. The van der Waals surface area contributed by atoms with Crippen LogP contribution >= 0.6 is 0 Å². The van der Waals surface area contributed by atoms with Gasteiger partial charge in [-0.1, -0.05) is 42.3 Å². The Balaban J connectivity index is 1.80. The fourth-order valence-electron chi connectivity index (χ4n) is 3.04. The normalized spacial score (nSPS) is 10.0. The van der Waals surface area contributed by atoms with E-state index in [2.05, 4.69) is 11.2 Å². The number of nitrogens with one attached hydrogen (secondary N) is 1. The first kappa shape index (κ1) is 20.8. The van der Waals surface area contributed by atoms with Crippen LogP contribution in [0.5, 0.6) is 17.2 Å². The van der Waals surface area contributed by atoms with Crippen LogP contribution in [0.25, 0.3) is 11.1 Å². The van der Waals surface area contributed by atoms with E-state index in [1.807, 2.05) is 66.7 Å². The van der Waals surface area contributed by atoms with Crippen molar-refractivity contribution in [1.82, 2.24) is 0 Å². The Morgan fingerprint density at radius 2 is 1.73 bits per heavy atom. The van der Waals surface area contributed by atoms with Crippen LogP contribution in [0.2, 0.25) is 0 Å². The van der Waals surface area contributed by atoms with E-state index in [1.165, 1.54) is 0 Å². The van der Waals surface area contributed by atoms with Crippen LogP contribution in [0.1, 0.15) is 5.56 Å². The van der Waals surface area contributed by atoms with E-state index in [4.69, 9.17) is 20.6 Å². The molecule has 0 fully saturated rings. The highest BCUT2D eigenvalue weighted by Gasteiger charge is 2.12. The third-order valence-corrected chi connectivity index (χ3v) is 4.51. The molecule has 1 N–H and O–H groups in total. The van der Waals surface area contributed by atoms with Crippen molar-refractivity contribution in [2.24, 2.45) is 0 Å². The summed E-state index contributed by atoms with van der Waals surface area (Å²) >= 11 is 0. The van der Waals surface area contributed by atoms with Gasteiger partial charge < -0.3 is 19.5 Å². The van der Waals surface area contributed by atoms with E-state index < -0.39 is 0 Å². The van der Waals surface area contributed by atoms with Crippen LogP contribution in [0.4, 0.5) is 5.69 Å². The number of benzene rings is 3. The van der Waals surface area contributed by atoms with Crippen molar-refractivity contribution >= 4 is 11.6 Å². The van der Waals surface area contributed by atoms with Gasteiger partial charge in [0.1, 0.15) is 12.4 Å². The maximum atomic E-state index is 12.6. The minimum absolute atomic E-state index is 0.103. The first-order valence-electron chi connectivity index (χ1n) is 9.41. The number of terminal acetylenes is 1. The molecule has 0 atom stereocenters. The van der Waals surface area contributed by atoms with E-state index >= 15 is 0 Å². The molecule has 0 aromatic heterocycles. The number of hydrogen-bond acceptors (Lipinski definition) is 4. The minimum atomic E-state index is -0.103. The average molecular weight is 401 g/mol. The largest absolute Gasteiger partial charge is 0.497 e. The van der Waals surface area contributed by atoms with Gasteiger partial charge in [0, 0.05) is 11.3 Å². The van der Waals surface area contributed by atoms with Gasteiger partial charge in [-0.3, -0.25) is 4.79 Å². The molecule has 0 radical (unpaired) electrons. The Bertz CT molecular complexity index is 1050. The van der Waals surface area contributed by atoms with Crippen molar-refractivity contribution in [2.45, 2.75) is 6.42 Å². The quantitative estimate of drug-likeness (QED) is 0.562. The Kier molecular flexibility index (Phi) is 6.96. The molecule has 0 unspecified atom stereocenters. The van der Waals surface area contributed by atoms with E-state index in [1.54, 1.807) is 14.2 Å². The summed E-state index contributed by atoms with van der Waals surface area (Å²) in [5.41, 5.74) is 3.39. The van der Waals surface area contributed by atoms with Gasteiger partial charge in [0.2, 0.25) is 5.91 Å². The first-order valence-corrected chi connectivity index (χ1v) is 9.41. The molecule has 152 valence electrons. The van der Waals surface area contributed by atoms with Gasteiger partial charge in [0.05, 0.1) is 20.6 Å². The van der Waals surface area contributed by atoms with Gasteiger partial charge in [0.15, 0.2) is 11.5 Å². The molecule has 0 saturated heterocycles. The maximum absolute atomic E-state index is 12.6. The number of carbonyl (C=O) groups is 1. The number of anilines is 1. The van der Waals surface area contributed by atoms with Crippen LogP contribution in [0.3, 0.4) is 0 Å². The zero-order chi connectivity index (χ0) is 21.3. The second-order valence-corrected chi connectivity index (χ2v) is 6.48. The molecule has 3 aromatic carbocycles. The van der Waals surface area contributed by atoms with Crippen molar-refractivity contribution in [3.63, 3.8) is 0 Å². The number of methoxy groups -OCH3 is 2. The number of carbonyl (C=O) groups excluding carboxylic acids is 1. The smallest absolute Gasteiger partial charge is 0.228 e. The molecular weight excluding hydrogens is 378 g/mol. The van der Waals surface area contributed by atoms with Crippen LogP contribution < -0.4 is 19.5 Å². The van der Waals surface area contributed by atoms with Crippen LogP contribution in [-0.4, -0.2) is 26.7 Å². The second kappa shape index (κ2) is 10.0. The zero-order valence-electron chi connectivity index (χ0n) is 17.0. The third-order valence-electron chi connectivity index (χ3n) is 4.51. The predicted molar refractivity (Wildman–Crippen MR) is 118 cm³/mol. The fourth-order valence-corrected chi connectivity index (χ4v) is 3.04. The standard InChI is InChI=1S/C25H23NO4/c1-4-15-30-23-14-11-19(17-24(23)29-3)21-7-5-6-8-22(21)26-25(27)16-18-9-12-20(28-2)13-10-18/h1,5-14,17H,15-16H2,2-3H3,(H,26,27). The highest BCUT2D eigenvalue weighted by molar-refractivity contribution is 5.96. The number of hydrogen-bond donors (Lipinski definition) is 1. The van der Waals surface area contributed by atoms with Crippen molar-refractivity contribution in [1.29, 1.82) is 0 Å². The molecule has 0 aliphatic carbocycles. The Hall–Kier alpha value is -3.91. The Morgan fingerprint density at radius 1 is 0.967 bits per heavy atom. The molecule has 0 spiro atoms. The molecular formula is C25H23NO4. The number of rotatable bonds is 8. The number of ether oxygens (including phenoxy) is 3. The zero-order valence-corrected chi connectivity index (χ0v) is 17.0. The lowest BCUT2D eigenvalue weighted by molar-refractivity contribution is -0.115. The van der Waals surface area contributed by atoms with E-state index in [9.17, 15) is 4.79 Å². The van der Waals surface area contributed by atoms with E-state index in [0.717, 1.165) is 28.1 Å². The van der Waals surface area contributed by atoms with Gasteiger partial charge in [-0.25, -0.2) is 0 Å². The van der Waals surface area contributed by atoms with Crippen molar-refractivity contribution < 1.29 is 19.0 Å². The Labute approximate surface area is 176 Å². The van der Waals surface area contributed by atoms with Crippen molar-refractivity contribution in [2.75, 3.05) is 26.1 Å². The van der Waals surface area contributed by atoms with Crippen LogP contribution in [-0.2, 0) is 11.2 Å². The monoisotopic (exact) mass is 401 g/mol. The van der Waals surface area contributed by atoms with Gasteiger partial charge in [0.25, 0.3) is 0 Å². The molecule has 3 aromatic rings. The lowest BCUT2D eigenvalue weighted by Crippen LogP contribution is -2.15. The summed E-state index contributed by atoms with van der Waals surface area (Å²) in [6.07, 6.45) is 5.53. The van der Waals surface area contributed by atoms with Gasteiger partial charge in [-0.15, -0.1) is 6.42 Å². The Morgan fingerprint density at radius 3 is 2.43 bits per heavy atom. The molecule has 30 heavy (non-hydrogen) atoms. The third kappa shape index (κ3) is 5.12. The second-order valence-electron chi connectivity index (χ2n) is 6.48.